The summed E-state index contributed by atoms with van der Waals surface area (Å²) in [5, 5.41) is 3.47. The van der Waals surface area contributed by atoms with E-state index in [0.29, 0.717) is 11.3 Å². The first-order chi connectivity index (χ1) is 5.62. The van der Waals surface area contributed by atoms with Crippen LogP contribution in [0.5, 0.6) is 0 Å². The third kappa shape index (κ3) is 1.06. The highest BCUT2D eigenvalue weighted by Gasteiger charge is 2.49. The fraction of sp³-hybridized carbons (Fsp3) is 0.889. The Morgan fingerprint density at radius 2 is 2.33 bits per heavy atom. The molecule has 1 N–H and O–H groups in total. The Morgan fingerprint density at radius 3 is 3.00 bits per heavy atom. The van der Waals surface area contributed by atoms with Gasteiger partial charge in [0.25, 0.3) is 0 Å². The molecule has 0 aromatic heterocycles. The van der Waals surface area contributed by atoms with Gasteiger partial charge in [0, 0.05) is 11.3 Å². The summed E-state index contributed by atoms with van der Waals surface area (Å²) in [6.07, 6.45) is 2.48. The molecule has 0 bridgehead atoms. The second-order valence-corrected chi connectivity index (χ2v) is 5.48. The summed E-state index contributed by atoms with van der Waals surface area (Å²) in [7, 11) is 0. The summed E-state index contributed by atoms with van der Waals surface area (Å²) < 4.78 is 0. The molecule has 0 radical (unpaired) electrons. The molecule has 3 heteroatoms. The molecule has 0 spiro atoms. The Balaban J connectivity index is 2.22. The molecule has 2 unspecified atom stereocenters. The minimum atomic E-state index is -0.127. The molecule has 2 aliphatic heterocycles. The minimum Gasteiger partial charge on any atom is -0.344 e. The lowest BCUT2D eigenvalue weighted by atomic mass is 9.79. The summed E-state index contributed by atoms with van der Waals surface area (Å²) in [5.74, 6) is 2.01. The first-order valence-electron chi connectivity index (χ1n) is 4.55. The van der Waals surface area contributed by atoms with Crippen molar-refractivity contribution < 1.29 is 4.79 Å². The van der Waals surface area contributed by atoms with E-state index in [1.807, 2.05) is 11.8 Å². The SMILES string of the molecule is CC1(C)C(=O)NC2SCCCC21. The van der Waals surface area contributed by atoms with E-state index in [1.165, 1.54) is 18.6 Å². The Morgan fingerprint density at radius 1 is 1.58 bits per heavy atom. The van der Waals surface area contributed by atoms with Crippen LogP contribution in [0, 0.1) is 11.3 Å². The average Bonchev–Trinajstić information content (AvgIpc) is 2.25. The van der Waals surface area contributed by atoms with Crippen molar-refractivity contribution in [3.8, 4) is 0 Å². The number of amides is 1. The average molecular weight is 185 g/mol. The second kappa shape index (κ2) is 2.66. The van der Waals surface area contributed by atoms with Crippen LogP contribution in [0.2, 0.25) is 0 Å². The van der Waals surface area contributed by atoms with Gasteiger partial charge in [-0.2, -0.15) is 0 Å². The number of hydrogen-bond donors (Lipinski definition) is 1. The molecule has 1 amide bonds. The van der Waals surface area contributed by atoms with E-state index in [4.69, 9.17) is 0 Å². The zero-order chi connectivity index (χ0) is 8.77. The van der Waals surface area contributed by atoms with Gasteiger partial charge >= 0.3 is 0 Å². The van der Waals surface area contributed by atoms with Crippen molar-refractivity contribution in [1.82, 2.24) is 5.32 Å². The zero-order valence-electron chi connectivity index (χ0n) is 7.59. The Kier molecular flexibility index (Phi) is 1.86. The normalized spacial score (nSPS) is 39.0. The third-order valence-corrected chi connectivity index (χ3v) is 4.44. The van der Waals surface area contributed by atoms with Crippen LogP contribution < -0.4 is 5.32 Å². The molecular formula is C9H15NOS. The van der Waals surface area contributed by atoms with Crippen LogP contribution in [-0.4, -0.2) is 17.0 Å². The van der Waals surface area contributed by atoms with Gasteiger partial charge in [-0.25, -0.2) is 0 Å². The Hall–Kier alpha value is -0.180. The van der Waals surface area contributed by atoms with Crippen molar-refractivity contribution in [2.24, 2.45) is 11.3 Å². The topological polar surface area (TPSA) is 29.1 Å². The van der Waals surface area contributed by atoms with Gasteiger partial charge in [0.05, 0.1) is 5.37 Å². The fourth-order valence-electron chi connectivity index (χ4n) is 2.15. The number of hydrogen-bond acceptors (Lipinski definition) is 2. The van der Waals surface area contributed by atoms with Crippen molar-refractivity contribution in [3.05, 3.63) is 0 Å². The molecule has 0 saturated carbocycles. The first kappa shape index (κ1) is 8.42. The van der Waals surface area contributed by atoms with E-state index >= 15 is 0 Å². The Labute approximate surface area is 77.5 Å². The van der Waals surface area contributed by atoms with Crippen LogP contribution in [0.4, 0.5) is 0 Å². The smallest absolute Gasteiger partial charge is 0.226 e. The van der Waals surface area contributed by atoms with Crippen molar-refractivity contribution in [2.45, 2.75) is 32.1 Å². The summed E-state index contributed by atoms with van der Waals surface area (Å²) in [5.41, 5.74) is -0.127. The first-order valence-corrected chi connectivity index (χ1v) is 5.60. The zero-order valence-corrected chi connectivity index (χ0v) is 8.41. The van der Waals surface area contributed by atoms with Crippen molar-refractivity contribution in [3.63, 3.8) is 0 Å². The van der Waals surface area contributed by atoms with Gasteiger partial charge in [0.15, 0.2) is 0 Å². The van der Waals surface area contributed by atoms with Crippen LogP contribution in [-0.2, 0) is 4.79 Å². The predicted octanol–water partition coefficient (Wildman–Crippen LogP) is 1.61. The van der Waals surface area contributed by atoms with Crippen LogP contribution in [0.25, 0.3) is 0 Å². The summed E-state index contributed by atoms with van der Waals surface area (Å²) in [6, 6.07) is 0. The molecule has 0 aromatic carbocycles. The van der Waals surface area contributed by atoms with E-state index in [2.05, 4.69) is 19.2 Å². The number of carbonyl (C=O) groups excluding carboxylic acids is 1. The second-order valence-electron chi connectivity index (χ2n) is 4.24. The number of rotatable bonds is 0. The highest BCUT2D eigenvalue weighted by molar-refractivity contribution is 7.99. The molecule has 68 valence electrons. The maximum atomic E-state index is 11.5. The number of fused-ring (bicyclic) bond motifs is 1. The van der Waals surface area contributed by atoms with Gasteiger partial charge < -0.3 is 5.32 Å². The van der Waals surface area contributed by atoms with Crippen LogP contribution in [0.1, 0.15) is 26.7 Å². The molecule has 2 atom stereocenters. The van der Waals surface area contributed by atoms with Gasteiger partial charge in [-0.15, -0.1) is 11.8 Å². The molecule has 2 heterocycles. The molecule has 0 aromatic rings. The highest BCUT2D eigenvalue weighted by Crippen LogP contribution is 2.45. The molecule has 2 nitrogen and oxygen atoms in total. The lowest BCUT2D eigenvalue weighted by Gasteiger charge is -2.30. The third-order valence-electron chi connectivity index (χ3n) is 3.11. The Bertz CT molecular complexity index is 215. The molecule has 2 aliphatic rings. The molecule has 2 rings (SSSR count). The van der Waals surface area contributed by atoms with E-state index in [0.717, 1.165) is 0 Å². The summed E-state index contributed by atoms with van der Waals surface area (Å²) in [6.45, 7) is 4.14. The predicted molar refractivity (Wildman–Crippen MR) is 50.9 cm³/mol. The number of nitrogens with one attached hydrogen (secondary N) is 1. The van der Waals surface area contributed by atoms with Crippen LogP contribution in [0.3, 0.4) is 0 Å². The lowest BCUT2D eigenvalue weighted by molar-refractivity contribution is -0.127. The van der Waals surface area contributed by atoms with Gasteiger partial charge in [-0.05, 0) is 18.6 Å². The van der Waals surface area contributed by atoms with Gasteiger partial charge in [-0.1, -0.05) is 13.8 Å². The van der Waals surface area contributed by atoms with E-state index in [-0.39, 0.29) is 11.3 Å². The van der Waals surface area contributed by atoms with Crippen molar-refractivity contribution >= 4 is 17.7 Å². The van der Waals surface area contributed by atoms with Gasteiger partial charge in [0.1, 0.15) is 0 Å². The molecule has 2 fully saturated rings. The maximum Gasteiger partial charge on any atom is 0.226 e. The van der Waals surface area contributed by atoms with Crippen molar-refractivity contribution in [2.75, 3.05) is 5.75 Å². The minimum absolute atomic E-state index is 0.127. The lowest BCUT2D eigenvalue weighted by Crippen LogP contribution is -2.29. The highest BCUT2D eigenvalue weighted by atomic mass is 32.2. The summed E-state index contributed by atoms with van der Waals surface area (Å²) >= 11 is 1.91. The maximum absolute atomic E-state index is 11.5. The fourth-order valence-corrected chi connectivity index (χ4v) is 3.63. The molecule has 0 aliphatic carbocycles. The standard InChI is InChI=1S/C9H15NOS/c1-9(2)6-4-3-5-12-7(6)10-8(9)11/h6-7H,3-5H2,1-2H3,(H,10,11). The number of thioether (sulfide) groups is 1. The van der Waals surface area contributed by atoms with Crippen LogP contribution in [0.15, 0.2) is 0 Å². The van der Waals surface area contributed by atoms with E-state index in [9.17, 15) is 4.79 Å². The molecule has 2 saturated heterocycles. The largest absolute Gasteiger partial charge is 0.344 e. The van der Waals surface area contributed by atoms with Crippen molar-refractivity contribution in [1.29, 1.82) is 0 Å². The van der Waals surface area contributed by atoms with E-state index < -0.39 is 0 Å². The molecular weight excluding hydrogens is 170 g/mol. The quantitative estimate of drug-likeness (QED) is 0.621. The summed E-state index contributed by atoms with van der Waals surface area (Å²) in [4.78, 5) is 11.5. The van der Waals surface area contributed by atoms with Gasteiger partial charge in [-0.3, -0.25) is 4.79 Å². The van der Waals surface area contributed by atoms with Gasteiger partial charge in [0.2, 0.25) is 5.91 Å². The van der Waals surface area contributed by atoms with E-state index in [1.54, 1.807) is 0 Å². The van der Waals surface area contributed by atoms with Crippen LogP contribution >= 0.6 is 11.8 Å². The monoisotopic (exact) mass is 185 g/mol. The molecule has 12 heavy (non-hydrogen) atoms. The number of carbonyl (C=O) groups is 1.